The molecule has 2 aliphatic carbocycles. The van der Waals surface area contributed by atoms with E-state index in [1.165, 1.54) is 64.7 Å². The van der Waals surface area contributed by atoms with E-state index in [0.29, 0.717) is 0 Å². The molecule has 5 heteroatoms. The Morgan fingerprint density at radius 3 is 1.68 bits per heavy atom. The molecule has 308 valence electrons. The Morgan fingerprint density at radius 2 is 0.970 bits per heavy atom. The molecule has 1 aromatic heterocycles. The lowest BCUT2D eigenvalue weighted by Gasteiger charge is -2.38. The van der Waals surface area contributed by atoms with E-state index in [9.17, 15) is 0 Å². The zero-order chi connectivity index (χ0) is 43.1. The summed E-state index contributed by atoms with van der Waals surface area (Å²) in [7, 11) is 0. The lowest BCUT2D eigenvalue weighted by atomic mass is 9.70. The van der Waals surface area contributed by atoms with Gasteiger partial charge in [-0.3, -0.25) is 4.90 Å². The van der Waals surface area contributed by atoms with Crippen LogP contribution in [0.2, 0.25) is 0 Å². The van der Waals surface area contributed by atoms with Crippen LogP contribution in [-0.4, -0.2) is 0 Å². The molecule has 2 aliphatic heterocycles. The van der Waals surface area contributed by atoms with Crippen molar-refractivity contribution in [3.63, 3.8) is 0 Å². The third kappa shape index (κ3) is 4.71. The molecule has 10 aromatic carbocycles. The predicted octanol–water partition coefficient (Wildman–Crippen LogP) is 17.2. The number of hydrogen-bond acceptors (Lipinski definition) is 5. The van der Waals surface area contributed by atoms with Gasteiger partial charge in [0.1, 0.15) is 5.69 Å². The van der Waals surface area contributed by atoms with E-state index in [2.05, 4.69) is 204 Å². The van der Waals surface area contributed by atoms with Crippen molar-refractivity contribution < 1.29 is 9.47 Å². The topological polar surface area (TPSA) is 24.9 Å². The Morgan fingerprint density at radius 1 is 0.409 bits per heavy atom. The summed E-state index contributed by atoms with van der Waals surface area (Å²) >= 11 is 1.85. The molecule has 0 radical (unpaired) electrons. The Labute approximate surface area is 385 Å². The number of rotatable bonds is 4. The fourth-order valence-corrected chi connectivity index (χ4v) is 12.7. The van der Waals surface area contributed by atoms with Crippen molar-refractivity contribution >= 4 is 65.6 Å². The molecule has 15 rings (SSSR count). The molecule has 3 heterocycles. The summed E-state index contributed by atoms with van der Waals surface area (Å²) in [5.74, 6) is 3.18. The highest BCUT2D eigenvalue weighted by atomic mass is 32.1. The van der Waals surface area contributed by atoms with E-state index in [0.717, 1.165) is 68.2 Å². The summed E-state index contributed by atoms with van der Waals surface area (Å²) in [4.78, 5) is 4.76. The van der Waals surface area contributed by atoms with Gasteiger partial charge in [0.05, 0.1) is 22.5 Å². The van der Waals surface area contributed by atoms with Crippen LogP contribution in [0.15, 0.2) is 218 Å². The van der Waals surface area contributed by atoms with Gasteiger partial charge in [0.25, 0.3) is 0 Å². The van der Waals surface area contributed by atoms with Gasteiger partial charge in [-0.05, 0) is 129 Å². The van der Waals surface area contributed by atoms with Gasteiger partial charge in [-0.1, -0.05) is 140 Å². The van der Waals surface area contributed by atoms with Crippen molar-refractivity contribution in [2.45, 2.75) is 5.41 Å². The maximum atomic E-state index is 6.86. The Balaban J connectivity index is 0.938. The second kappa shape index (κ2) is 13.3. The van der Waals surface area contributed by atoms with Gasteiger partial charge in [0.15, 0.2) is 23.0 Å². The number of fused-ring (bicyclic) bond motifs is 17. The van der Waals surface area contributed by atoms with E-state index in [1.54, 1.807) is 0 Å². The highest BCUT2D eigenvalue weighted by Gasteiger charge is 2.51. The van der Waals surface area contributed by atoms with Gasteiger partial charge in [0, 0.05) is 37.1 Å². The molecule has 0 saturated carbocycles. The molecular weight excluding hydrogens is 825 g/mol. The van der Waals surface area contributed by atoms with E-state index >= 15 is 0 Å². The molecule has 11 aromatic rings. The van der Waals surface area contributed by atoms with Crippen LogP contribution in [0.3, 0.4) is 0 Å². The Hall–Kier alpha value is -8.38. The first-order valence-electron chi connectivity index (χ1n) is 22.5. The summed E-state index contributed by atoms with van der Waals surface area (Å²) in [5.41, 5.74) is 18.3. The van der Waals surface area contributed by atoms with E-state index in [-0.39, 0.29) is 0 Å². The molecule has 4 aliphatic rings. The number of ether oxygens (including phenoxy) is 2. The minimum Gasteiger partial charge on any atom is -0.453 e. The molecule has 0 amide bonds. The first kappa shape index (κ1) is 36.0. The molecule has 66 heavy (non-hydrogen) atoms. The van der Waals surface area contributed by atoms with Crippen LogP contribution in [0.1, 0.15) is 22.3 Å². The van der Waals surface area contributed by atoms with E-state index < -0.39 is 5.41 Å². The van der Waals surface area contributed by atoms with Crippen molar-refractivity contribution in [1.82, 2.24) is 0 Å². The van der Waals surface area contributed by atoms with Gasteiger partial charge in [-0.15, -0.1) is 11.3 Å². The van der Waals surface area contributed by atoms with Crippen LogP contribution < -0.4 is 19.3 Å². The predicted molar refractivity (Wildman–Crippen MR) is 271 cm³/mol. The van der Waals surface area contributed by atoms with Crippen molar-refractivity contribution in [3.8, 4) is 56.4 Å². The smallest absolute Gasteiger partial charge is 0.163 e. The third-order valence-electron chi connectivity index (χ3n) is 14.3. The average molecular weight is 861 g/mol. The quantitative estimate of drug-likeness (QED) is 0.176. The average Bonchev–Trinajstić information content (AvgIpc) is 4.01. The monoisotopic (exact) mass is 860 g/mol. The maximum absolute atomic E-state index is 6.86. The third-order valence-corrected chi connectivity index (χ3v) is 15.4. The fourth-order valence-electron chi connectivity index (χ4n) is 11.6. The number of anilines is 6. The van der Waals surface area contributed by atoms with Gasteiger partial charge in [0.2, 0.25) is 0 Å². The second-order valence-corrected chi connectivity index (χ2v) is 18.6. The Kier molecular flexibility index (Phi) is 7.27. The van der Waals surface area contributed by atoms with Crippen molar-refractivity contribution in [1.29, 1.82) is 0 Å². The van der Waals surface area contributed by atoms with Crippen molar-refractivity contribution in [3.05, 3.63) is 241 Å². The number of thiophene rings is 1. The highest BCUT2D eigenvalue weighted by molar-refractivity contribution is 7.26. The lowest BCUT2D eigenvalue weighted by Crippen LogP contribution is -2.26. The summed E-state index contributed by atoms with van der Waals surface area (Å²) in [6, 6.07) is 79.6. The zero-order valence-corrected chi connectivity index (χ0v) is 36.2. The molecule has 1 spiro atoms. The van der Waals surface area contributed by atoms with Crippen LogP contribution in [0.25, 0.3) is 53.6 Å². The number of para-hydroxylation sites is 4. The van der Waals surface area contributed by atoms with Gasteiger partial charge >= 0.3 is 0 Å². The van der Waals surface area contributed by atoms with Crippen LogP contribution in [0.4, 0.5) is 34.1 Å². The Bertz CT molecular complexity index is 3790. The van der Waals surface area contributed by atoms with Gasteiger partial charge in [-0.25, -0.2) is 0 Å². The summed E-state index contributed by atoms with van der Waals surface area (Å²) in [6.07, 6.45) is 0. The van der Waals surface area contributed by atoms with Gasteiger partial charge < -0.3 is 14.4 Å². The van der Waals surface area contributed by atoms with Crippen LogP contribution in [-0.2, 0) is 5.41 Å². The standard InChI is InChI=1S/C61H36N2O2S/c1-5-18-46-41(14-1)42-15-2-6-19-47(42)61(46)48-20-7-3-16-43(48)44-33-32-39(36-49(44)61)62(52-23-13-27-57-58(52)45-17-4-12-26-56(45)66-57)38-30-28-37(29-31-38)40-34-35-55-59-60(40)65-54-25-11-9-22-51(54)63(59)50-21-8-10-24-53(50)64-55/h1-36H. The van der Waals surface area contributed by atoms with Crippen molar-refractivity contribution in [2.24, 2.45) is 0 Å². The lowest BCUT2D eigenvalue weighted by molar-refractivity contribution is 0.447. The number of benzene rings is 10. The molecular formula is C61H36N2O2S. The number of hydrogen-bond donors (Lipinski definition) is 0. The molecule has 0 saturated heterocycles. The maximum Gasteiger partial charge on any atom is 0.163 e. The highest BCUT2D eigenvalue weighted by Crippen LogP contribution is 2.64. The molecule has 0 fully saturated rings. The first-order chi connectivity index (χ1) is 32.7. The van der Waals surface area contributed by atoms with Crippen LogP contribution in [0, 0.1) is 0 Å². The SMILES string of the molecule is c1ccc2c(c1)Oc1ccc(-c3ccc(N(c4ccc5c(c4)C4(c6ccccc6-c6ccccc64)c4ccccc4-5)c4cccc5sc6ccccc6c45)cc3)c3c1N2c1ccccc1O3. The summed E-state index contributed by atoms with van der Waals surface area (Å²) < 4.78 is 15.9. The summed E-state index contributed by atoms with van der Waals surface area (Å²) in [5, 5.41) is 2.51. The molecule has 0 atom stereocenters. The number of nitrogens with zero attached hydrogens (tertiary/aromatic N) is 2. The summed E-state index contributed by atoms with van der Waals surface area (Å²) in [6.45, 7) is 0. The minimum absolute atomic E-state index is 0.462. The van der Waals surface area contributed by atoms with Crippen LogP contribution >= 0.6 is 11.3 Å². The minimum atomic E-state index is -0.462. The first-order valence-corrected chi connectivity index (χ1v) is 23.3. The van der Waals surface area contributed by atoms with E-state index in [1.807, 2.05) is 35.6 Å². The molecule has 0 unspecified atom stereocenters. The fraction of sp³-hybridized carbons (Fsp3) is 0.0164. The second-order valence-electron chi connectivity index (χ2n) is 17.5. The van der Waals surface area contributed by atoms with E-state index in [4.69, 9.17) is 9.47 Å². The van der Waals surface area contributed by atoms with Crippen LogP contribution in [0.5, 0.6) is 23.0 Å². The molecule has 4 nitrogen and oxygen atoms in total. The molecule has 0 bridgehead atoms. The normalized spacial score (nSPS) is 13.8. The van der Waals surface area contributed by atoms with Crippen molar-refractivity contribution in [2.75, 3.05) is 9.80 Å². The van der Waals surface area contributed by atoms with Gasteiger partial charge in [-0.2, -0.15) is 0 Å². The largest absolute Gasteiger partial charge is 0.453 e. The molecule has 0 N–H and O–H groups in total. The zero-order valence-electron chi connectivity index (χ0n) is 35.4.